The van der Waals surface area contributed by atoms with Gasteiger partial charge in [0.15, 0.2) is 0 Å². The Hall–Kier alpha value is -1.88. The monoisotopic (exact) mass is 370 g/mol. The van der Waals surface area contributed by atoms with Gasteiger partial charge in [0.05, 0.1) is 12.0 Å². The van der Waals surface area contributed by atoms with Gasteiger partial charge in [-0.3, -0.25) is 14.5 Å². The lowest BCUT2D eigenvalue weighted by Crippen LogP contribution is -2.58. The molecule has 0 radical (unpaired) electrons. The maximum absolute atomic E-state index is 13.1. The van der Waals surface area contributed by atoms with Gasteiger partial charge >= 0.3 is 5.97 Å². The lowest BCUT2D eigenvalue weighted by Gasteiger charge is -2.44. The van der Waals surface area contributed by atoms with Crippen LogP contribution in [0.25, 0.3) is 0 Å². The first-order chi connectivity index (χ1) is 13.0. The van der Waals surface area contributed by atoms with Crippen LogP contribution in [-0.2, 0) is 21.4 Å². The van der Waals surface area contributed by atoms with E-state index in [0.29, 0.717) is 12.0 Å². The number of amides is 1. The molecular weight excluding hydrogens is 340 g/mol. The van der Waals surface area contributed by atoms with Crippen LogP contribution in [0.3, 0.4) is 0 Å². The molecule has 3 aliphatic carbocycles. The number of hydrogen-bond donors (Lipinski definition) is 2. The van der Waals surface area contributed by atoms with Crippen molar-refractivity contribution >= 4 is 11.9 Å². The smallest absolute Gasteiger partial charge is 0.317 e. The normalized spacial score (nSPS) is 29.7. The highest BCUT2D eigenvalue weighted by atomic mass is 16.4. The molecule has 1 amide bonds. The first-order valence-corrected chi connectivity index (χ1v) is 10.3. The Labute approximate surface area is 161 Å². The molecule has 4 rings (SSSR count). The highest BCUT2D eigenvalue weighted by molar-refractivity contribution is 5.88. The van der Waals surface area contributed by atoms with Crippen molar-refractivity contribution in [2.75, 3.05) is 13.1 Å². The van der Waals surface area contributed by atoms with Crippen LogP contribution in [0, 0.1) is 5.92 Å². The second-order valence-corrected chi connectivity index (χ2v) is 8.90. The second kappa shape index (κ2) is 7.27. The van der Waals surface area contributed by atoms with E-state index in [2.05, 4.69) is 35.3 Å². The molecule has 1 atom stereocenters. The third-order valence-corrected chi connectivity index (χ3v) is 6.73. The van der Waals surface area contributed by atoms with Gasteiger partial charge in [0.25, 0.3) is 0 Å². The van der Waals surface area contributed by atoms with Crippen LogP contribution in [0.2, 0.25) is 0 Å². The fourth-order valence-corrected chi connectivity index (χ4v) is 4.78. The molecular formula is C22H30N2O3. The number of benzene rings is 1. The Balaban J connectivity index is 1.35. The van der Waals surface area contributed by atoms with Gasteiger partial charge in [-0.1, -0.05) is 24.3 Å². The molecule has 146 valence electrons. The standard InChI is InChI=1S/C22H30N2O3/c1-22(10-4-6-16-5-2-3-7-19(16)22)21(27)23-17-11-18(12-17)24(14-20(25)26)13-15-8-9-15/h2-3,5,7,15,17-18H,4,6,8-14H2,1H3,(H,23,27)(H,25,26). The fourth-order valence-electron chi connectivity index (χ4n) is 4.78. The highest BCUT2D eigenvalue weighted by Gasteiger charge is 2.43. The number of nitrogens with zero attached hydrogens (tertiary/aromatic N) is 1. The summed E-state index contributed by atoms with van der Waals surface area (Å²) in [4.78, 5) is 26.4. The Morgan fingerprint density at radius 3 is 2.70 bits per heavy atom. The SMILES string of the molecule is CC1(C(=O)NC2CC(N(CC(=O)O)CC3CC3)C2)CCCc2ccccc21. The number of rotatable bonds is 7. The summed E-state index contributed by atoms with van der Waals surface area (Å²) in [6, 6.07) is 8.78. The van der Waals surface area contributed by atoms with Crippen LogP contribution in [0.1, 0.15) is 56.6 Å². The van der Waals surface area contributed by atoms with E-state index in [1.165, 1.54) is 24.0 Å². The van der Waals surface area contributed by atoms with Crippen molar-refractivity contribution in [2.45, 2.75) is 69.4 Å². The van der Waals surface area contributed by atoms with Gasteiger partial charge in [0.2, 0.25) is 5.91 Å². The summed E-state index contributed by atoms with van der Waals surface area (Å²) in [6.07, 6.45) is 7.16. The van der Waals surface area contributed by atoms with Gasteiger partial charge in [-0.2, -0.15) is 0 Å². The minimum Gasteiger partial charge on any atom is -0.480 e. The van der Waals surface area contributed by atoms with E-state index in [0.717, 1.165) is 38.6 Å². The van der Waals surface area contributed by atoms with Gasteiger partial charge < -0.3 is 10.4 Å². The quantitative estimate of drug-likeness (QED) is 0.774. The Kier molecular flexibility index (Phi) is 4.97. The molecule has 2 N–H and O–H groups in total. The largest absolute Gasteiger partial charge is 0.480 e. The Bertz CT molecular complexity index is 724. The van der Waals surface area contributed by atoms with Gasteiger partial charge in [-0.05, 0) is 68.9 Å². The third kappa shape index (κ3) is 3.88. The van der Waals surface area contributed by atoms with E-state index in [1.54, 1.807) is 0 Å². The van der Waals surface area contributed by atoms with Crippen molar-refractivity contribution in [3.63, 3.8) is 0 Å². The van der Waals surface area contributed by atoms with Crippen LogP contribution in [-0.4, -0.2) is 47.1 Å². The van der Waals surface area contributed by atoms with Crippen molar-refractivity contribution < 1.29 is 14.7 Å². The summed E-state index contributed by atoms with van der Waals surface area (Å²) >= 11 is 0. The van der Waals surface area contributed by atoms with Gasteiger partial charge in [0, 0.05) is 18.6 Å². The molecule has 5 nitrogen and oxygen atoms in total. The molecule has 27 heavy (non-hydrogen) atoms. The zero-order valence-corrected chi connectivity index (χ0v) is 16.1. The molecule has 0 spiro atoms. The number of aryl methyl sites for hydroxylation is 1. The number of carboxylic acids is 1. The van der Waals surface area contributed by atoms with Gasteiger partial charge in [-0.15, -0.1) is 0 Å². The summed E-state index contributed by atoms with van der Waals surface area (Å²) in [5.41, 5.74) is 2.02. The number of carboxylic acid groups (broad SMARTS) is 1. The zero-order chi connectivity index (χ0) is 19.0. The molecule has 0 aliphatic heterocycles. The number of carbonyl (C=O) groups excluding carboxylic acids is 1. The van der Waals surface area contributed by atoms with E-state index >= 15 is 0 Å². The molecule has 2 fully saturated rings. The first kappa shape index (κ1) is 18.5. The highest BCUT2D eigenvalue weighted by Crippen LogP contribution is 2.38. The predicted molar refractivity (Wildman–Crippen MR) is 104 cm³/mol. The van der Waals surface area contributed by atoms with E-state index in [-0.39, 0.29) is 18.5 Å². The molecule has 3 aliphatic rings. The predicted octanol–water partition coefficient (Wildman–Crippen LogP) is 2.72. The summed E-state index contributed by atoms with van der Waals surface area (Å²) in [5.74, 6) is 0.0511. The maximum atomic E-state index is 13.1. The van der Waals surface area contributed by atoms with Gasteiger partial charge in [-0.25, -0.2) is 0 Å². The summed E-state index contributed by atoms with van der Waals surface area (Å²) in [5, 5.41) is 12.4. The Morgan fingerprint density at radius 2 is 2.00 bits per heavy atom. The first-order valence-electron chi connectivity index (χ1n) is 10.3. The number of hydrogen-bond acceptors (Lipinski definition) is 3. The van der Waals surface area contributed by atoms with Crippen LogP contribution < -0.4 is 5.32 Å². The molecule has 0 saturated heterocycles. The van der Waals surface area contributed by atoms with E-state index in [1.807, 2.05) is 6.07 Å². The van der Waals surface area contributed by atoms with E-state index in [9.17, 15) is 14.7 Å². The van der Waals surface area contributed by atoms with Crippen molar-refractivity contribution in [2.24, 2.45) is 5.92 Å². The molecule has 0 heterocycles. The molecule has 1 aromatic carbocycles. The molecule has 1 unspecified atom stereocenters. The number of aliphatic carboxylic acids is 1. The lowest BCUT2D eigenvalue weighted by molar-refractivity contribution is -0.140. The Morgan fingerprint density at radius 1 is 1.26 bits per heavy atom. The number of carbonyl (C=O) groups is 2. The van der Waals surface area contributed by atoms with E-state index < -0.39 is 11.4 Å². The van der Waals surface area contributed by atoms with Crippen LogP contribution >= 0.6 is 0 Å². The molecule has 0 bridgehead atoms. The number of fused-ring (bicyclic) bond motifs is 1. The molecule has 5 heteroatoms. The zero-order valence-electron chi connectivity index (χ0n) is 16.1. The van der Waals surface area contributed by atoms with Crippen LogP contribution in [0.15, 0.2) is 24.3 Å². The molecule has 2 saturated carbocycles. The minimum absolute atomic E-state index is 0.118. The maximum Gasteiger partial charge on any atom is 0.317 e. The van der Waals surface area contributed by atoms with Crippen LogP contribution in [0.5, 0.6) is 0 Å². The fraction of sp³-hybridized carbons (Fsp3) is 0.636. The topological polar surface area (TPSA) is 69.6 Å². The summed E-state index contributed by atoms with van der Waals surface area (Å²) in [7, 11) is 0. The molecule has 1 aromatic rings. The molecule has 0 aromatic heterocycles. The van der Waals surface area contributed by atoms with E-state index in [4.69, 9.17) is 0 Å². The van der Waals surface area contributed by atoms with Crippen LogP contribution in [0.4, 0.5) is 0 Å². The van der Waals surface area contributed by atoms with Gasteiger partial charge in [0.1, 0.15) is 0 Å². The van der Waals surface area contributed by atoms with Crippen molar-refractivity contribution in [3.8, 4) is 0 Å². The van der Waals surface area contributed by atoms with Crippen molar-refractivity contribution in [1.82, 2.24) is 10.2 Å². The third-order valence-electron chi connectivity index (χ3n) is 6.73. The average molecular weight is 370 g/mol. The second-order valence-electron chi connectivity index (χ2n) is 8.90. The average Bonchev–Trinajstić information content (AvgIpc) is 3.41. The lowest BCUT2D eigenvalue weighted by atomic mass is 9.70. The summed E-state index contributed by atoms with van der Waals surface area (Å²) < 4.78 is 0. The van der Waals surface area contributed by atoms with Crippen molar-refractivity contribution in [3.05, 3.63) is 35.4 Å². The minimum atomic E-state index is -0.755. The number of nitrogens with one attached hydrogen (secondary N) is 1. The summed E-state index contributed by atoms with van der Waals surface area (Å²) in [6.45, 7) is 3.08. The van der Waals surface area contributed by atoms with Crippen molar-refractivity contribution in [1.29, 1.82) is 0 Å².